The van der Waals surface area contributed by atoms with Crippen molar-refractivity contribution in [3.8, 4) is 5.75 Å². The van der Waals surface area contributed by atoms with E-state index in [9.17, 15) is 5.11 Å². The molecular formula is C17H27NO. The number of nitrogens with one attached hydrogen (secondary N) is 1. The molecule has 0 radical (unpaired) electrons. The van der Waals surface area contributed by atoms with Crippen LogP contribution in [0.5, 0.6) is 5.75 Å². The molecule has 1 aliphatic rings. The van der Waals surface area contributed by atoms with Crippen molar-refractivity contribution in [3.05, 3.63) is 29.8 Å². The van der Waals surface area contributed by atoms with Gasteiger partial charge in [-0.25, -0.2) is 0 Å². The molecule has 0 aromatic heterocycles. The van der Waals surface area contributed by atoms with Gasteiger partial charge in [0.1, 0.15) is 5.75 Å². The van der Waals surface area contributed by atoms with Crippen molar-refractivity contribution in [2.24, 2.45) is 5.92 Å². The molecule has 0 bridgehead atoms. The van der Waals surface area contributed by atoms with E-state index in [4.69, 9.17) is 0 Å². The van der Waals surface area contributed by atoms with Gasteiger partial charge in [-0.2, -0.15) is 0 Å². The second kappa shape index (κ2) is 6.95. The minimum absolute atomic E-state index is 0.347. The Morgan fingerprint density at radius 1 is 1.11 bits per heavy atom. The van der Waals surface area contributed by atoms with Crippen LogP contribution in [0.3, 0.4) is 0 Å². The highest BCUT2D eigenvalue weighted by Gasteiger charge is 2.20. The largest absolute Gasteiger partial charge is 0.508 e. The van der Waals surface area contributed by atoms with Crippen molar-refractivity contribution in [1.82, 2.24) is 5.32 Å². The molecule has 2 nitrogen and oxygen atoms in total. The predicted octanol–water partition coefficient (Wildman–Crippen LogP) is 3.88. The summed E-state index contributed by atoms with van der Waals surface area (Å²) in [7, 11) is 0. The van der Waals surface area contributed by atoms with Crippen molar-refractivity contribution >= 4 is 0 Å². The highest BCUT2D eigenvalue weighted by Crippen LogP contribution is 2.26. The Bertz CT molecular complexity index is 367. The van der Waals surface area contributed by atoms with Gasteiger partial charge in [0.25, 0.3) is 0 Å². The van der Waals surface area contributed by atoms with Crippen LogP contribution in [0.4, 0.5) is 0 Å². The molecule has 2 heteroatoms. The van der Waals surface area contributed by atoms with E-state index >= 15 is 0 Å². The van der Waals surface area contributed by atoms with Crippen LogP contribution in [0.25, 0.3) is 0 Å². The van der Waals surface area contributed by atoms with E-state index in [1.54, 1.807) is 12.1 Å². The number of phenolic OH excluding ortho intramolecular Hbond substituents is 1. The third-order valence-corrected chi connectivity index (χ3v) is 4.38. The van der Waals surface area contributed by atoms with Gasteiger partial charge >= 0.3 is 0 Å². The molecule has 0 amide bonds. The van der Waals surface area contributed by atoms with Crippen LogP contribution >= 0.6 is 0 Å². The second-order valence-electron chi connectivity index (χ2n) is 6.13. The van der Waals surface area contributed by atoms with Crippen LogP contribution in [-0.2, 0) is 6.42 Å². The molecule has 2 atom stereocenters. The Morgan fingerprint density at radius 3 is 2.37 bits per heavy atom. The maximum absolute atomic E-state index is 9.29. The van der Waals surface area contributed by atoms with Gasteiger partial charge < -0.3 is 10.4 Å². The normalized spacial score (nSPS) is 20.1. The Balaban J connectivity index is 1.79. The van der Waals surface area contributed by atoms with E-state index in [-0.39, 0.29) is 0 Å². The maximum Gasteiger partial charge on any atom is 0.115 e. The SMILES string of the molecule is CC(Cc1ccc(O)cc1)N[C@H](C)C1CCCCC1. The molecule has 19 heavy (non-hydrogen) atoms. The van der Waals surface area contributed by atoms with Crippen molar-refractivity contribution in [2.75, 3.05) is 0 Å². The molecule has 1 saturated carbocycles. The quantitative estimate of drug-likeness (QED) is 0.843. The van der Waals surface area contributed by atoms with Gasteiger partial charge in [0.05, 0.1) is 0 Å². The average Bonchev–Trinajstić information content (AvgIpc) is 2.42. The van der Waals surface area contributed by atoms with Crippen LogP contribution < -0.4 is 5.32 Å². The summed E-state index contributed by atoms with van der Waals surface area (Å²) >= 11 is 0. The summed E-state index contributed by atoms with van der Waals surface area (Å²) in [6.45, 7) is 4.59. The molecular weight excluding hydrogens is 234 g/mol. The zero-order valence-electron chi connectivity index (χ0n) is 12.2. The molecule has 1 aromatic rings. The van der Waals surface area contributed by atoms with Crippen LogP contribution in [0, 0.1) is 5.92 Å². The van der Waals surface area contributed by atoms with Gasteiger partial charge in [0, 0.05) is 12.1 Å². The summed E-state index contributed by atoms with van der Waals surface area (Å²) in [6.07, 6.45) is 8.04. The second-order valence-corrected chi connectivity index (χ2v) is 6.13. The first-order valence-electron chi connectivity index (χ1n) is 7.69. The smallest absolute Gasteiger partial charge is 0.115 e. The lowest BCUT2D eigenvalue weighted by atomic mass is 9.84. The molecule has 106 valence electrons. The summed E-state index contributed by atoms with van der Waals surface area (Å²) < 4.78 is 0. The predicted molar refractivity (Wildman–Crippen MR) is 80.4 cm³/mol. The van der Waals surface area contributed by atoms with Crippen LogP contribution in [-0.4, -0.2) is 17.2 Å². The Labute approximate surface area is 117 Å². The molecule has 1 aliphatic carbocycles. The first-order valence-corrected chi connectivity index (χ1v) is 7.69. The van der Waals surface area contributed by atoms with Gasteiger partial charge in [0.15, 0.2) is 0 Å². The monoisotopic (exact) mass is 261 g/mol. The standard InChI is InChI=1S/C17H27NO/c1-13(12-15-8-10-17(19)11-9-15)18-14(2)16-6-4-3-5-7-16/h8-11,13-14,16,18-19H,3-7,12H2,1-2H3/t13?,14-/m1/s1. The number of phenols is 1. The maximum atomic E-state index is 9.29. The summed E-state index contributed by atoms with van der Waals surface area (Å²) in [5, 5.41) is 13.0. The van der Waals surface area contributed by atoms with Gasteiger partial charge in [-0.05, 0) is 56.7 Å². The van der Waals surface area contributed by atoms with Gasteiger partial charge in [-0.15, -0.1) is 0 Å². The van der Waals surface area contributed by atoms with E-state index in [0.717, 1.165) is 12.3 Å². The van der Waals surface area contributed by atoms with E-state index < -0.39 is 0 Å². The lowest BCUT2D eigenvalue weighted by Gasteiger charge is -2.30. The van der Waals surface area contributed by atoms with Crippen LogP contribution in [0.15, 0.2) is 24.3 Å². The summed E-state index contributed by atoms with van der Waals surface area (Å²) in [5.74, 6) is 1.20. The fourth-order valence-corrected chi connectivity index (χ4v) is 3.26. The van der Waals surface area contributed by atoms with Gasteiger partial charge in [0.2, 0.25) is 0 Å². The molecule has 0 spiro atoms. The van der Waals surface area contributed by atoms with Crippen LogP contribution in [0.2, 0.25) is 0 Å². The molecule has 0 saturated heterocycles. The van der Waals surface area contributed by atoms with E-state index in [1.165, 1.54) is 37.7 Å². The number of benzene rings is 1. The number of hydrogen-bond donors (Lipinski definition) is 2. The topological polar surface area (TPSA) is 32.3 Å². The number of aromatic hydroxyl groups is 1. The fourth-order valence-electron chi connectivity index (χ4n) is 3.26. The highest BCUT2D eigenvalue weighted by atomic mass is 16.3. The van der Waals surface area contributed by atoms with E-state index in [2.05, 4.69) is 19.2 Å². The lowest BCUT2D eigenvalue weighted by molar-refractivity contribution is 0.267. The van der Waals surface area contributed by atoms with Gasteiger partial charge in [-0.1, -0.05) is 31.4 Å². The molecule has 2 N–H and O–H groups in total. The molecule has 0 heterocycles. The fraction of sp³-hybridized carbons (Fsp3) is 0.647. The van der Waals surface area contributed by atoms with Gasteiger partial charge in [-0.3, -0.25) is 0 Å². The Hall–Kier alpha value is -1.02. The summed E-state index contributed by atoms with van der Waals surface area (Å²) in [4.78, 5) is 0. The molecule has 2 rings (SSSR count). The zero-order chi connectivity index (χ0) is 13.7. The lowest BCUT2D eigenvalue weighted by Crippen LogP contribution is -2.41. The van der Waals surface area contributed by atoms with Crippen molar-refractivity contribution in [1.29, 1.82) is 0 Å². The minimum Gasteiger partial charge on any atom is -0.508 e. The number of rotatable bonds is 5. The Kier molecular flexibility index (Phi) is 5.26. The van der Waals surface area contributed by atoms with Crippen LogP contribution in [0.1, 0.15) is 51.5 Å². The third kappa shape index (κ3) is 4.54. The van der Waals surface area contributed by atoms with Crippen molar-refractivity contribution < 1.29 is 5.11 Å². The van der Waals surface area contributed by atoms with Crippen molar-refractivity contribution in [2.45, 2.75) is 64.5 Å². The van der Waals surface area contributed by atoms with Crippen molar-refractivity contribution in [3.63, 3.8) is 0 Å². The number of hydrogen-bond acceptors (Lipinski definition) is 2. The third-order valence-electron chi connectivity index (χ3n) is 4.38. The van der Waals surface area contributed by atoms with E-state index in [1.807, 2.05) is 12.1 Å². The highest BCUT2D eigenvalue weighted by molar-refractivity contribution is 5.26. The molecule has 1 aromatic carbocycles. The summed E-state index contributed by atoms with van der Waals surface area (Å²) in [6, 6.07) is 8.67. The zero-order valence-corrected chi connectivity index (χ0v) is 12.2. The first kappa shape index (κ1) is 14.4. The minimum atomic E-state index is 0.347. The first-order chi connectivity index (χ1) is 9.15. The molecule has 1 unspecified atom stereocenters. The Morgan fingerprint density at radius 2 is 1.74 bits per heavy atom. The summed E-state index contributed by atoms with van der Waals surface area (Å²) in [5.41, 5.74) is 1.29. The average molecular weight is 261 g/mol. The molecule has 0 aliphatic heterocycles. The molecule has 1 fully saturated rings. The van der Waals surface area contributed by atoms with E-state index in [0.29, 0.717) is 17.8 Å².